The minimum absolute atomic E-state index is 0.247. The highest BCUT2D eigenvalue weighted by atomic mass is 16.6. The Morgan fingerprint density at radius 3 is 2.57 bits per heavy atom. The highest BCUT2D eigenvalue weighted by Crippen LogP contribution is 2.07. The molecule has 7 nitrogen and oxygen atoms in total. The van der Waals surface area contributed by atoms with Gasteiger partial charge in [0.1, 0.15) is 5.60 Å². The van der Waals surface area contributed by atoms with Crippen LogP contribution in [0.3, 0.4) is 0 Å². The summed E-state index contributed by atoms with van der Waals surface area (Å²) in [6.07, 6.45) is 0.627. The van der Waals surface area contributed by atoms with Crippen LogP contribution in [0.25, 0.3) is 5.69 Å². The number of nitrogens with zero attached hydrogens (tertiary/aromatic N) is 2. The molecule has 0 aliphatic rings. The number of benzene rings is 1. The van der Waals surface area contributed by atoms with Gasteiger partial charge in [0.15, 0.2) is 0 Å². The van der Waals surface area contributed by atoms with Crippen molar-refractivity contribution in [3.63, 3.8) is 0 Å². The van der Waals surface area contributed by atoms with Gasteiger partial charge in [-0.05, 0) is 39.8 Å². The lowest BCUT2D eigenvalue weighted by Gasteiger charge is -2.18. The van der Waals surface area contributed by atoms with E-state index in [-0.39, 0.29) is 5.56 Å². The quantitative estimate of drug-likeness (QED) is 0.673. The summed E-state index contributed by atoms with van der Waals surface area (Å²) >= 11 is 0. The molecule has 0 fully saturated rings. The maximum absolute atomic E-state index is 12.4. The number of rotatable bonds is 3. The number of H-pyrrole nitrogens is 1. The van der Waals surface area contributed by atoms with E-state index in [9.17, 15) is 9.59 Å². The molecule has 0 unspecified atom stereocenters. The third kappa shape index (κ3) is 4.32. The molecule has 0 atom stereocenters. The molecule has 2 N–H and O–H groups in total. The number of carbonyl (C=O) groups is 1. The smallest absolute Gasteiger partial charge is 0.428 e. The fourth-order valence-electron chi connectivity index (χ4n) is 1.92. The number of hydrogen-bond donors (Lipinski definition) is 2. The number of ether oxygens (including phenoxy) is 1. The van der Waals surface area contributed by atoms with Crippen LogP contribution >= 0.6 is 0 Å². The molecule has 1 heterocycles. The predicted octanol–water partition coefficient (Wildman–Crippen LogP) is 2.33. The first-order valence-electron chi connectivity index (χ1n) is 7.17. The minimum atomic E-state index is -0.676. The number of nitrogens with one attached hydrogen (secondary N) is 2. The van der Waals surface area contributed by atoms with Crippen LogP contribution in [0, 0.1) is 6.92 Å². The number of amides is 1. The monoisotopic (exact) mass is 316 g/mol. The lowest BCUT2D eigenvalue weighted by Crippen LogP contribution is -2.30. The van der Waals surface area contributed by atoms with Crippen molar-refractivity contribution in [2.24, 2.45) is 5.10 Å². The van der Waals surface area contributed by atoms with Gasteiger partial charge in [0, 0.05) is 5.69 Å². The van der Waals surface area contributed by atoms with Crippen LogP contribution in [-0.2, 0) is 4.74 Å². The summed E-state index contributed by atoms with van der Waals surface area (Å²) < 4.78 is 6.48. The van der Waals surface area contributed by atoms with Gasteiger partial charge >= 0.3 is 6.09 Å². The number of hydrazone groups is 1. The molecule has 2 rings (SSSR count). The maximum atomic E-state index is 12.4. The van der Waals surface area contributed by atoms with Gasteiger partial charge in [-0.2, -0.15) is 5.10 Å². The highest BCUT2D eigenvalue weighted by molar-refractivity contribution is 5.81. The van der Waals surface area contributed by atoms with Crippen LogP contribution in [0.5, 0.6) is 0 Å². The average molecular weight is 316 g/mol. The lowest BCUT2D eigenvalue weighted by molar-refractivity contribution is 0.0529. The Balaban J connectivity index is 2.16. The Hall–Kier alpha value is -2.83. The zero-order valence-corrected chi connectivity index (χ0v) is 13.6. The van der Waals surface area contributed by atoms with Crippen molar-refractivity contribution in [3.8, 4) is 5.69 Å². The van der Waals surface area contributed by atoms with Crippen molar-refractivity contribution in [3.05, 3.63) is 51.9 Å². The lowest BCUT2D eigenvalue weighted by atomic mass is 10.2. The molecule has 0 spiro atoms. The summed E-state index contributed by atoms with van der Waals surface area (Å²) in [6.45, 7) is 7.02. The number of para-hydroxylation sites is 1. The van der Waals surface area contributed by atoms with E-state index < -0.39 is 11.7 Å². The molecule has 0 bridgehead atoms. The molecule has 7 heteroatoms. The predicted molar refractivity (Wildman–Crippen MR) is 88.1 cm³/mol. The first kappa shape index (κ1) is 16.5. The fraction of sp³-hybridized carbons (Fsp3) is 0.312. The summed E-state index contributed by atoms with van der Waals surface area (Å²) in [7, 11) is 0. The normalized spacial score (nSPS) is 11.7. The highest BCUT2D eigenvalue weighted by Gasteiger charge is 2.15. The van der Waals surface area contributed by atoms with Crippen molar-refractivity contribution >= 4 is 12.3 Å². The SMILES string of the molecule is Cc1[nH]n(-c2ccccc2)c(=O)c1/C=N/NC(=O)OC(C)(C)C. The molecule has 0 saturated heterocycles. The van der Waals surface area contributed by atoms with E-state index in [0.29, 0.717) is 11.3 Å². The number of aryl methyl sites for hydroxylation is 1. The minimum Gasteiger partial charge on any atom is -0.443 e. The Bertz CT molecular complexity index is 767. The van der Waals surface area contributed by atoms with E-state index in [0.717, 1.165) is 5.69 Å². The van der Waals surface area contributed by atoms with E-state index in [2.05, 4.69) is 15.6 Å². The van der Waals surface area contributed by atoms with E-state index in [1.165, 1.54) is 10.9 Å². The summed E-state index contributed by atoms with van der Waals surface area (Å²) in [5, 5.41) is 6.75. The Morgan fingerprint density at radius 2 is 1.96 bits per heavy atom. The molecule has 1 aromatic carbocycles. The molecular weight excluding hydrogens is 296 g/mol. The van der Waals surface area contributed by atoms with E-state index in [4.69, 9.17) is 4.74 Å². The van der Waals surface area contributed by atoms with Gasteiger partial charge in [0.25, 0.3) is 5.56 Å². The first-order valence-corrected chi connectivity index (χ1v) is 7.17. The Labute approximate surface area is 134 Å². The standard InChI is InChI=1S/C16H20N4O3/c1-11-13(10-17-18-15(22)23-16(2,3)4)14(21)20(19-11)12-8-6-5-7-9-12/h5-10,19H,1-4H3,(H,18,22)/b17-10+. The molecule has 0 saturated carbocycles. The number of carbonyl (C=O) groups excluding carboxylic acids is 1. The number of hydrogen-bond acceptors (Lipinski definition) is 4. The van der Waals surface area contributed by atoms with Gasteiger partial charge < -0.3 is 4.74 Å². The summed E-state index contributed by atoms with van der Waals surface area (Å²) in [5.74, 6) is 0. The molecule has 0 radical (unpaired) electrons. The molecular formula is C16H20N4O3. The molecule has 23 heavy (non-hydrogen) atoms. The second-order valence-electron chi connectivity index (χ2n) is 6.00. The largest absolute Gasteiger partial charge is 0.443 e. The Kier molecular flexibility index (Phi) is 4.68. The van der Waals surface area contributed by atoms with Gasteiger partial charge in [-0.3, -0.25) is 9.89 Å². The van der Waals surface area contributed by atoms with Crippen molar-refractivity contribution in [1.29, 1.82) is 0 Å². The molecule has 122 valence electrons. The Morgan fingerprint density at radius 1 is 1.30 bits per heavy atom. The topological polar surface area (TPSA) is 88.5 Å². The van der Waals surface area contributed by atoms with Crippen molar-refractivity contribution in [2.45, 2.75) is 33.3 Å². The number of aromatic amines is 1. The first-order chi connectivity index (χ1) is 10.8. The molecule has 0 aliphatic heterocycles. The van der Waals surface area contributed by atoms with Crippen LogP contribution < -0.4 is 11.0 Å². The second-order valence-corrected chi connectivity index (χ2v) is 6.00. The zero-order chi connectivity index (χ0) is 17.0. The van der Waals surface area contributed by atoms with E-state index in [1.807, 2.05) is 30.3 Å². The summed E-state index contributed by atoms with van der Waals surface area (Å²) in [5.41, 5.74) is 3.12. The van der Waals surface area contributed by atoms with E-state index in [1.54, 1.807) is 27.7 Å². The summed E-state index contributed by atoms with van der Waals surface area (Å²) in [4.78, 5) is 23.9. The fourth-order valence-corrected chi connectivity index (χ4v) is 1.92. The van der Waals surface area contributed by atoms with Crippen molar-refractivity contribution in [2.75, 3.05) is 0 Å². The zero-order valence-electron chi connectivity index (χ0n) is 13.6. The second kappa shape index (κ2) is 6.51. The third-order valence-electron chi connectivity index (χ3n) is 2.88. The van der Waals surface area contributed by atoms with Gasteiger partial charge in [-0.15, -0.1) is 0 Å². The van der Waals surface area contributed by atoms with Gasteiger partial charge in [0.2, 0.25) is 0 Å². The van der Waals surface area contributed by atoms with Crippen LogP contribution in [0.15, 0.2) is 40.2 Å². The maximum Gasteiger partial charge on any atom is 0.428 e. The average Bonchev–Trinajstić information content (AvgIpc) is 2.74. The van der Waals surface area contributed by atoms with Crippen LogP contribution in [0.2, 0.25) is 0 Å². The van der Waals surface area contributed by atoms with Gasteiger partial charge in [-0.1, -0.05) is 18.2 Å². The van der Waals surface area contributed by atoms with Crippen LogP contribution in [0.4, 0.5) is 4.79 Å². The summed E-state index contributed by atoms with van der Waals surface area (Å²) in [6, 6.07) is 9.19. The molecule has 2 aromatic rings. The van der Waals surface area contributed by atoms with Crippen molar-refractivity contribution in [1.82, 2.24) is 15.2 Å². The van der Waals surface area contributed by atoms with Crippen molar-refractivity contribution < 1.29 is 9.53 Å². The number of aromatic nitrogens is 2. The van der Waals surface area contributed by atoms with Crippen LogP contribution in [-0.4, -0.2) is 27.7 Å². The molecule has 1 amide bonds. The third-order valence-corrected chi connectivity index (χ3v) is 2.88. The van der Waals surface area contributed by atoms with E-state index >= 15 is 0 Å². The van der Waals surface area contributed by atoms with Gasteiger partial charge in [-0.25, -0.2) is 14.9 Å². The van der Waals surface area contributed by atoms with Crippen LogP contribution in [0.1, 0.15) is 32.0 Å². The molecule has 1 aromatic heterocycles. The molecule has 0 aliphatic carbocycles. The van der Waals surface area contributed by atoms with Gasteiger partial charge in [0.05, 0.1) is 17.5 Å².